The van der Waals surface area contributed by atoms with Crippen LogP contribution < -0.4 is 19.6 Å². The van der Waals surface area contributed by atoms with Crippen LogP contribution in [0.25, 0.3) is 22.3 Å². The van der Waals surface area contributed by atoms with E-state index in [1.54, 1.807) is 0 Å². The second-order valence-electron chi connectivity index (χ2n) is 19.0. The topological polar surface area (TPSA) is 13.0 Å². The number of anilines is 12. The molecule has 1 aliphatic carbocycles. The summed E-state index contributed by atoms with van der Waals surface area (Å²) in [6.07, 6.45) is 0. The first-order chi connectivity index (χ1) is 36.0. The van der Waals surface area contributed by atoms with Crippen molar-refractivity contribution in [3.63, 3.8) is 0 Å². The maximum absolute atomic E-state index is 2.40. The van der Waals surface area contributed by atoms with E-state index in [9.17, 15) is 0 Å². The van der Waals surface area contributed by atoms with Gasteiger partial charge in [0, 0.05) is 73.7 Å². The number of para-hydroxylation sites is 5. The molecule has 11 aromatic rings. The maximum atomic E-state index is 2.40. The van der Waals surface area contributed by atoms with Crippen molar-refractivity contribution in [2.45, 2.75) is 19.3 Å². The molecule has 0 atom stereocenters. The third kappa shape index (κ3) is 8.70. The largest absolute Gasteiger partial charge is 0.311 e. The molecule has 11 aromatic carbocycles. The van der Waals surface area contributed by atoms with E-state index in [-0.39, 0.29) is 5.41 Å². The minimum atomic E-state index is -0.105. The van der Waals surface area contributed by atoms with Crippen LogP contribution in [0.1, 0.15) is 25.0 Å². The first-order valence-corrected chi connectivity index (χ1v) is 25.1. The van der Waals surface area contributed by atoms with Crippen LogP contribution in [0.15, 0.2) is 291 Å². The lowest BCUT2D eigenvalue weighted by Crippen LogP contribution is -2.16. The summed E-state index contributed by atoms with van der Waals surface area (Å²) in [4.78, 5) is 9.33. The summed E-state index contributed by atoms with van der Waals surface area (Å²) in [5.74, 6) is 0. The van der Waals surface area contributed by atoms with E-state index in [4.69, 9.17) is 0 Å². The zero-order valence-corrected chi connectivity index (χ0v) is 41.0. The molecule has 12 rings (SSSR count). The van der Waals surface area contributed by atoms with Crippen LogP contribution in [0, 0.1) is 0 Å². The molecule has 0 amide bonds. The van der Waals surface area contributed by atoms with Gasteiger partial charge in [0.15, 0.2) is 0 Å². The van der Waals surface area contributed by atoms with Gasteiger partial charge >= 0.3 is 0 Å². The van der Waals surface area contributed by atoms with Gasteiger partial charge in [-0.25, -0.2) is 0 Å². The van der Waals surface area contributed by atoms with E-state index >= 15 is 0 Å². The highest BCUT2D eigenvalue weighted by atomic mass is 15.2. The van der Waals surface area contributed by atoms with Gasteiger partial charge in [0.25, 0.3) is 0 Å². The molecule has 4 nitrogen and oxygen atoms in total. The van der Waals surface area contributed by atoms with Gasteiger partial charge in [0.05, 0.1) is 0 Å². The van der Waals surface area contributed by atoms with E-state index in [2.05, 4.69) is 325 Å². The molecule has 0 fully saturated rings. The van der Waals surface area contributed by atoms with Gasteiger partial charge in [-0.2, -0.15) is 0 Å². The Morgan fingerprint density at radius 3 is 0.767 bits per heavy atom. The van der Waals surface area contributed by atoms with Gasteiger partial charge in [0.1, 0.15) is 0 Å². The van der Waals surface area contributed by atoms with Crippen molar-refractivity contribution in [2.24, 2.45) is 0 Å². The molecule has 0 aromatic heterocycles. The third-order valence-corrected chi connectivity index (χ3v) is 14.2. The molecule has 0 spiro atoms. The van der Waals surface area contributed by atoms with Gasteiger partial charge in [-0.15, -0.1) is 0 Å². The quantitative estimate of drug-likeness (QED) is 0.114. The van der Waals surface area contributed by atoms with Crippen molar-refractivity contribution >= 4 is 68.2 Å². The van der Waals surface area contributed by atoms with Crippen LogP contribution in [0.3, 0.4) is 0 Å². The van der Waals surface area contributed by atoms with Gasteiger partial charge in [-0.05, 0) is 179 Å². The molecular formula is C69H54N4. The van der Waals surface area contributed by atoms with Gasteiger partial charge in [0.2, 0.25) is 0 Å². The average molecular weight is 939 g/mol. The Balaban J connectivity index is 0.846. The van der Waals surface area contributed by atoms with Crippen molar-refractivity contribution in [1.82, 2.24) is 0 Å². The summed E-state index contributed by atoms with van der Waals surface area (Å²) in [6.45, 7) is 4.69. The molecule has 0 radical (unpaired) electrons. The Kier molecular flexibility index (Phi) is 11.9. The number of rotatable bonds is 13. The molecule has 0 saturated carbocycles. The second kappa shape index (κ2) is 19.4. The molecule has 0 saturated heterocycles. The van der Waals surface area contributed by atoms with Crippen LogP contribution >= 0.6 is 0 Å². The molecule has 4 heteroatoms. The Morgan fingerprint density at radius 1 is 0.205 bits per heavy atom. The van der Waals surface area contributed by atoms with Crippen molar-refractivity contribution in [3.8, 4) is 22.3 Å². The van der Waals surface area contributed by atoms with E-state index in [0.29, 0.717) is 0 Å². The SMILES string of the molecule is CC1(C)c2ccccc2-c2ccc(N(c3ccccc3)c3ccc(N(c4ccccc4)c4ccc(N(c5ccccc5)c5ccc(-c6ccc(N(c7ccccc7)c7ccccc7)cc6)cc5)cc4)cc3)cc21. The Hall–Kier alpha value is -9.38. The molecule has 0 unspecified atom stereocenters. The number of hydrogen-bond acceptors (Lipinski definition) is 4. The molecule has 0 heterocycles. The normalized spacial score (nSPS) is 12.1. The lowest BCUT2D eigenvalue weighted by Gasteiger charge is -2.30. The highest BCUT2D eigenvalue weighted by molar-refractivity contribution is 5.88. The van der Waals surface area contributed by atoms with Crippen LogP contribution in [-0.2, 0) is 5.41 Å². The van der Waals surface area contributed by atoms with Crippen molar-refractivity contribution < 1.29 is 0 Å². The smallest absolute Gasteiger partial charge is 0.0465 e. The highest BCUT2D eigenvalue weighted by Gasteiger charge is 2.35. The number of benzene rings is 11. The molecule has 0 bridgehead atoms. The van der Waals surface area contributed by atoms with Crippen LogP contribution in [-0.4, -0.2) is 0 Å². The lowest BCUT2D eigenvalue weighted by molar-refractivity contribution is 0.660. The first kappa shape index (κ1) is 44.8. The number of fused-ring (bicyclic) bond motifs is 3. The minimum absolute atomic E-state index is 0.105. The molecule has 350 valence electrons. The minimum Gasteiger partial charge on any atom is -0.311 e. The lowest BCUT2D eigenvalue weighted by atomic mass is 9.82. The Labute approximate surface area is 429 Å². The summed E-state index contributed by atoms with van der Waals surface area (Å²) in [7, 11) is 0. The fourth-order valence-corrected chi connectivity index (χ4v) is 10.6. The molecule has 0 N–H and O–H groups in total. The van der Waals surface area contributed by atoms with Crippen LogP contribution in [0.5, 0.6) is 0 Å². The maximum Gasteiger partial charge on any atom is 0.0465 e. The van der Waals surface area contributed by atoms with Crippen LogP contribution in [0.2, 0.25) is 0 Å². The van der Waals surface area contributed by atoms with Gasteiger partial charge < -0.3 is 19.6 Å². The summed E-state index contributed by atoms with van der Waals surface area (Å²) in [6, 6.07) is 105. The first-order valence-electron chi connectivity index (χ1n) is 25.1. The van der Waals surface area contributed by atoms with Crippen molar-refractivity contribution in [1.29, 1.82) is 0 Å². The van der Waals surface area contributed by atoms with Gasteiger partial charge in [-0.1, -0.05) is 159 Å². The summed E-state index contributed by atoms with van der Waals surface area (Å²) < 4.78 is 0. The van der Waals surface area contributed by atoms with Crippen molar-refractivity contribution in [3.05, 3.63) is 302 Å². The zero-order chi connectivity index (χ0) is 49.1. The van der Waals surface area contributed by atoms with E-state index < -0.39 is 0 Å². The van der Waals surface area contributed by atoms with Gasteiger partial charge in [-0.3, -0.25) is 0 Å². The average Bonchev–Trinajstić information content (AvgIpc) is 3.69. The Morgan fingerprint density at radius 2 is 0.438 bits per heavy atom. The van der Waals surface area contributed by atoms with Crippen molar-refractivity contribution in [2.75, 3.05) is 19.6 Å². The second-order valence-corrected chi connectivity index (χ2v) is 19.0. The molecule has 0 aliphatic heterocycles. The van der Waals surface area contributed by atoms with Crippen LogP contribution in [0.4, 0.5) is 68.2 Å². The molecule has 1 aliphatic rings. The fraction of sp³-hybridized carbons (Fsp3) is 0.0435. The predicted molar refractivity (Wildman–Crippen MR) is 308 cm³/mol. The summed E-state index contributed by atoms with van der Waals surface area (Å²) in [5, 5.41) is 0. The summed E-state index contributed by atoms with van der Waals surface area (Å²) >= 11 is 0. The number of hydrogen-bond donors (Lipinski definition) is 0. The molecular weight excluding hydrogens is 885 g/mol. The standard InChI is InChI=1S/C69H54N4/c1-69(2)67-31-19-18-30-65(67)66-49-48-64(50-68(66)69)73(57-28-16-7-17-29-57)63-46-44-62(45-47-63)72(56-26-14-6-15-27-56)61-42-40-60(41-43-61)71(55-24-12-5-13-25-55)59-38-34-52(35-39-59)51-32-36-58(37-33-51)70(53-20-8-3-9-21-53)54-22-10-4-11-23-54/h3-50H,1-2H3. The predicted octanol–water partition coefficient (Wildman–Crippen LogP) is 19.5. The highest BCUT2D eigenvalue weighted by Crippen LogP contribution is 2.51. The van der Waals surface area contributed by atoms with E-state index in [1.807, 2.05) is 0 Å². The fourth-order valence-electron chi connectivity index (χ4n) is 10.6. The zero-order valence-electron chi connectivity index (χ0n) is 41.0. The number of nitrogens with zero attached hydrogens (tertiary/aromatic N) is 4. The third-order valence-electron chi connectivity index (χ3n) is 14.2. The Bertz CT molecular complexity index is 3560. The summed E-state index contributed by atoms with van der Waals surface area (Å²) in [5.41, 5.74) is 20.7. The van der Waals surface area contributed by atoms with E-state index in [1.165, 1.54) is 22.3 Å². The van der Waals surface area contributed by atoms with E-state index in [0.717, 1.165) is 79.4 Å². The molecule has 73 heavy (non-hydrogen) atoms. The monoisotopic (exact) mass is 938 g/mol.